The summed E-state index contributed by atoms with van der Waals surface area (Å²) in [6.07, 6.45) is 2.42. The van der Waals surface area contributed by atoms with Gasteiger partial charge in [-0.25, -0.2) is 4.39 Å². The summed E-state index contributed by atoms with van der Waals surface area (Å²) in [6.45, 7) is 1.58. The lowest BCUT2D eigenvalue weighted by Gasteiger charge is -2.09. The number of aromatic nitrogens is 1. The summed E-state index contributed by atoms with van der Waals surface area (Å²) in [7, 11) is 0. The van der Waals surface area contributed by atoms with Gasteiger partial charge in [-0.2, -0.15) is 0 Å². The third-order valence-electron chi connectivity index (χ3n) is 2.30. The van der Waals surface area contributed by atoms with Crippen LogP contribution in [0.4, 0.5) is 4.39 Å². The Balaban J connectivity index is 2.23. The van der Waals surface area contributed by atoms with Gasteiger partial charge in [-0.3, -0.25) is 4.98 Å². The molecule has 88 valence electrons. The lowest BCUT2D eigenvalue weighted by Crippen LogP contribution is -1.94. The van der Waals surface area contributed by atoms with Crippen molar-refractivity contribution in [1.29, 1.82) is 0 Å². The van der Waals surface area contributed by atoms with Crippen LogP contribution in [0.1, 0.15) is 18.6 Å². The molecule has 0 unspecified atom stereocenters. The van der Waals surface area contributed by atoms with Gasteiger partial charge >= 0.3 is 0 Å². The maximum atomic E-state index is 13.6. The second-order valence-electron chi connectivity index (χ2n) is 3.66. The average molecular weight is 233 g/mol. The van der Waals surface area contributed by atoms with E-state index in [4.69, 9.17) is 4.74 Å². The largest absolute Gasteiger partial charge is 0.453 e. The lowest BCUT2D eigenvalue weighted by atomic mass is 10.1. The highest BCUT2D eigenvalue weighted by atomic mass is 19.1. The molecule has 1 aromatic carbocycles. The summed E-state index contributed by atoms with van der Waals surface area (Å²) < 4.78 is 19.0. The molecule has 0 aliphatic carbocycles. The van der Waals surface area contributed by atoms with Crippen LogP contribution in [0.2, 0.25) is 0 Å². The fourth-order valence-electron chi connectivity index (χ4n) is 1.39. The minimum atomic E-state index is -0.697. The van der Waals surface area contributed by atoms with Crippen molar-refractivity contribution in [3.05, 3.63) is 54.1 Å². The van der Waals surface area contributed by atoms with Crippen molar-refractivity contribution < 1.29 is 14.2 Å². The molecule has 0 fully saturated rings. The van der Waals surface area contributed by atoms with Gasteiger partial charge in [0.2, 0.25) is 0 Å². The first-order chi connectivity index (χ1) is 8.16. The minimum absolute atomic E-state index is 0.113. The maximum Gasteiger partial charge on any atom is 0.166 e. The van der Waals surface area contributed by atoms with E-state index in [0.717, 1.165) is 0 Å². The molecule has 0 saturated heterocycles. The third-order valence-corrected chi connectivity index (χ3v) is 2.30. The molecule has 1 N–H and O–H groups in total. The SMILES string of the molecule is C[C@H](O)c1ccc(Oc2cccnc2)c(F)c1. The fraction of sp³-hybridized carbons (Fsp3) is 0.154. The second-order valence-corrected chi connectivity index (χ2v) is 3.66. The molecule has 1 atom stereocenters. The molecule has 0 saturated carbocycles. The zero-order chi connectivity index (χ0) is 12.3. The number of aliphatic hydroxyl groups excluding tert-OH is 1. The highest BCUT2D eigenvalue weighted by Gasteiger charge is 2.08. The number of ether oxygens (including phenoxy) is 1. The van der Waals surface area contributed by atoms with E-state index in [1.165, 1.54) is 18.3 Å². The highest BCUT2D eigenvalue weighted by Crippen LogP contribution is 2.26. The Morgan fingerprint density at radius 1 is 1.35 bits per heavy atom. The molecular weight excluding hydrogens is 221 g/mol. The Kier molecular flexibility index (Phi) is 3.35. The van der Waals surface area contributed by atoms with E-state index in [-0.39, 0.29) is 5.75 Å². The van der Waals surface area contributed by atoms with Gasteiger partial charge in [0.1, 0.15) is 5.75 Å². The van der Waals surface area contributed by atoms with Crippen LogP contribution in [-0.2, 0) is 0 Å². The molecule has 2 aromatic rings. The van der Waals surface area contributed by atoms with Crippen molar-refractivity contribution >= 4 is 0 Å². The van der Waals surface area contributed by atoms with Crippen LogP contribution in [0.5, 0.6) is 11.5 Å². The molecule has 17 heavy (non-hydrogen) atoms. The van der Waals surface area contributed by atoms with E-state index < -0.39 is 11.9 Å². The number of aliphatic hydroxyl groups is 1. The smallest absolute Gasteiger partial charge is 0.166 e. The summed E-state index contributed by atoms with van der Waals surface area (Å²) in [5.41, 5.74) is 0.515. The summed E-state index contributed by atoms with van der Waals surface area (Å²) in [4.78, 5) is 3.87. The van der Waals surface area contributed by atoms with Crippen LogP contribution < -0.4 is 4.74 Å². The highest BCUT2D eigenvalue weighted by molar-refractivity contribution is 5.34. The van der Waals surface area contributed by atoms with Gasteiger partial charge in [0.05, 0.1) is 12.3 Å². The van der Waals surface area contributed by atoms with Gasteiger partial charge in [0.15, 0.2) is 11.6 Å². The zero-order valence-corrected chi connectivity index (χ0v) is 9.30. The predicted octanol–water partition coefficient (Wildman–Crippen LogP) is 3.07. The summed E-state index contributed by atoms with van der Waals surface area (Å²) in [5.74, 6) is 0.0749. The number of rotatable bonds is 3. The number of hydrogen-bond donors (Lipinski definition) is 1. The van der Waals surface area contributed by atoms with E-state index in [2.05, 4.69) is 4.98 Å². The van der Waals surface area contributed by atoms with Crippen LogP contribution in [0.25, 0.3) is 0 Å². The molecule has 0 bridgehead atoms. The number of nitrogens with zero attached hydrogens (tertiary/aromatic N) is 1. The van der Waals surface area contributed by atoms with Crippen molar-refractivity contribution in [3.63, 3.8) is 0 Å². The zero-order valence-electron chi connectivity index (χ0n) is 9.30. The first-order valence-electron chi connectivity index (χ1n) is 5.22. The molecule has 3 nitrogen and oxygen atoms in total. The topological polar surface area (TPSA) is 42.4 Å². The maximum absolute atomic E-state index is 13.6. The summed E-state index contributed by atoms with van der Waals surface area (Å²) >= 11 is 0. The molecule has 1 heterocycles. The quantitative estimate of drug-likeness (QED) is 0.885. The Labute approximate surface area is 98.5 Å². The molecule has 0 radical (unpaired) electrons. The molecule has 2 rings (SSSR count). The second kappa shape index (κ2) is 4.93. The van der Waals surface area contributed by atoms with Crippen LogP contribution in [0, 0.1) is 5.82 Å². The monoisotopic (exact) mass is 233 g/mol. The summed E-state index contributed by atoms with van der Waals surface area (Å²) in [6, 6.07) is 7.77. The molecule has 1 aromatic heterocycles. The number of benzene rings is 1. The van der Waals surface area contributed by atoms with E-state index in [1.807, 2.05) is 0 Å². The van der Waals surface area contributed by atoms with Crippen molar-refractivity contribution in [3.8, 4) is 11.5 Å². The van der Waals surface area contributed by atoms with Crippen molar-refractivity contribution in [2.75, 3.05) is 0 Å². The van der Waals surface area contributed by atoms with E-state index >= 15 is 0 Å². The van der Waals surface area contributed by atoms with Gasteiger partial charge in [0.25, 0.3) is 0 Å². The van der Waals surface area contributed by atoms with Gasteiger partial charge in [0, 0.05) is 6.20 Å². The van der Waals surface area contributed by atoms with Crippen molar-refractivity contribution in [1.82, 2.24) is 4.98 Å². The average Bonchev–Trinajstić information content (AvgIpc) is 2.33. The third kappa shape index (κ3) is 2.79. The Hall–Kier alpha value is -1.94. The Morgan fingerprint density at radius 3 is 2.76 bits per heavy atom. The predicted molar refractivity (Wildman–Crippen MR) is 61.3 cm³/mol. The van der Waals surface area contributed by atoms with Gasteiger partial charge in [-0.15, -0.1) is 0 Å². The molecule has 0 spiro atoms. The van der Waals surface area contributed by atoms with Crippen LogP contribution >= 0.6 is 0 Å². The number of pyridine rings is 1. The molecule has 0 aliphatic heterocycles. The normalized spacial score (nSPS) is 12.2. The number of halogens is 1. The van der Waals surface area contributed by atoms with Crippen molar-refractivity contribution in [2.45, 2.75) is 13.0 Å². The Bertz CT molecular complexity index is 500. The van der Waals surface area contributed by atoms with Gasteiger partial charge in [-0.1, -0.05) is 6.07 Å². The molecule has 4 heteroatoms. The summed E-state index contributed by atoms with van der Waals surface area (Å²) in [5, 5.41) is 9.31. The van der Waals surface area contributed by atoms with E-state index in [0.29, 0.717) is 11.3 Å². The number of hydrogen-bond acceptors (Lipinski definition) is 3. The van der Waals surface area contributed by atoms with Gasteiger partial charge < -0.3 is 9.84 Å². The standard InChI is InChI=1S/C13H12FNO2/c1-9(16)10-4-5-13(12(14)7-10)17-11-3-2-6-15-8-11/h2-9,16H,1H3/t9-/m0/s1. The fourth-order valence-corrected chi connectivity index (χ4v) is 1.39. The first-order valence-corrected chi connectivity index (χ1v) is 5.22. The van der Waals surface area contributed by atoms with Crippen LogP contribution in [0.3, 0.4) is 0 Å². The van der Waals surface area contributed by atoms with Crippen LogP contribution in [-0.4, -0.2) is 10.1 Å². The van der Waals surface area contributed by atoms with E-state index in [1.54, 1.807) is 31.3 Å². The minimum Gasteiger partial charge on any atom is -0.453 e. The molecular formula is C13H12FNO2. The molecule has 0 amide bonds. The Morgan fingerprint density at radius 2 is 2.18 bits per heavy atom. The lowest BCUT2D eigenvalue weighted by molar-refractivity contribution is 0.198. The first kappa shape index (κ1) is 11.5. The van der Waals surface area contributed by atoms with Crippen LogP contribution in [0.15, 0.2) is 42.7 Å². The van der Waals surface area contributed by atoms with Crippen molar-refractivity contribution in [2.24, 2.45) is 0 Å². The van der Waals surface area contributed by atoms with Gasteiger partial charge in [-0.05, 0) is 36.8 Å². The van der Waals surface area contributed by atoms with E-state index in [9.17, 15) is 9.50 Å². The molecule has 0 aliphatic rings.